The molecule has 0 bridgehead atoms. The molecule has 0 aliphatic carbocycles. The first-order valence-corrected chi connectivity index (χ1v) is 8.75. The lowest BCUT2D eigenvalue weighted by molar-refractivity contribution is 0.141. The van der Waals surface area contributed by atoms with Gasteiger partial charge in [-0.05, 0) is 43.5 Å². The van der Waals surface area contributed by atoms with E-state index in [2.05, 4.69) is 15.7 Å². The predicted molar refractivity (Wildman–Crippen MR) is 94.1 cm³/mol. The fraction of sp³-hybridized carbons (Fsp3) is 0.444. The SMILES string of the molecule is O=C(Nc1ccc(O[C@@H]2CCOC2)cc1)Nc1cc2n(n1)CCCC2. The Hall–Kier alpha value is -2.54. The van der Waals surface area contributed by atoms with Crippen LogP contribution in [0.1, 0.15) is 25.0 Å². The smallest absolute Gasteiger partial charge is 0.324 e. The van der Waals surface area contributed by atoms with Crippen LogP contribution in [0, 0.1) is 0 Å². The van der Waals surface area contributed by atoms with Crippen molar-refractivity contribution >= 4 is 17.5 Å². The molecule has 7 nitrogen and oxygen atoms in total. The number of anilines is 2. The summed E-state index contributed by atoms with van der Waals surface area (Å²) in [6.45, 7) is 2.31. The van der Waals surface area contributed by atoms with E-state index in [0.29, 0.717) is 18.1 Å². The standard InChI is InChI=1S/C18H22N4O3/c23-18(20-17-11-14-3-1-2-9-22(14)21-17)19-13-4-6-15(7-5-13)25-16-8-10-24-12-16/h4-7,11,16H,1-3,8-10,12H2,(H2,19,20,21,23)/t16-/m1/s1. The number of urea groups is 1. The Bertz CT molecular complexity index is 712. The Morgan fingerprint density at radius 3 is 2.88 bits per heavy atom. The molecule has 1 saturated heterocycles. The maximum absolute atomic E-state index is 12.1. The minimum Gasteiger partial charge on any atom is -0.488 e. The summed E-state index contributed by atoms with van der Waals surface area (Å²) in [7, 11) is 0. The number of hydrogen-bond acceptors (Lipinski definition) is 4. The predicted octanol–water partition coefficient (Wildman–Crippen LogP) is 3.03. The van der Waals surface area contributed by atoms with Crippen LogP contribution >= 0.6 is 0 Å². The van der Waals surface area contributed by atoms with Crippen LogP contribution in [0.5, 0.6) is 5.75 Å². The fourth-order valence-electron chi connectivity index (χ4n) is 3.17. The van der Waals surface area contributed by atoms with Crippen molar-refractivity contribution in [3.63, 3.8) is 0 Å². The zero-order valence-electron chi connectivity index (χ0n) is 14.0. The molecule has 2 aromatic rings. The third-order valence-corrected chi connectivity index (χ3v) is 4.46. The summed E-state index contributed by atoms with van der Waals surface area (Å²) in [4.78, 5) is 12.1. The van der Waals surface area contributed by atoms with E-state index in [1.54, 1.807) is 0 Å². The van der Waals surface area contributed by atoms with Crippen molar-refractivity contribution in [2.24, 2.45) is 0 Å². The van der Waals surface area contributed by atoms with E-state index in [0.717, 1.165) is 38.2 Å². The maximum atomic E-state index is 12.1. The fourth-order valence-corrected chi connectivity index (χ4v) is 3.17. The highest BCUT2D eigenvalue weighted by molar-refractivity contribution is 5.99. The Morgan fingerprint density at radius 1 is 1.24 bits per heavy atom. The molecular formula is C18H22N4O3. The molecule has 0 spiro atoms. The molecule has 1 fully saturated rings. The monoisotopic (exact) mass is 342 g/mol. The van der Waals surface area contributed by atoms with Crippen LogP contribution in [-0.4, -0.2) is 35.1 Å². The van der Waals surface area contributed by atoms with Crippen LogP contribution in [0.15, 0.2) is 30.3 Å². The lowest BCUT2D eigenvalue weighted by Gasteiger charge is -2.12. The number of amides is 2. The number of fused-ring (bicyclic) bond motifs is 1. The molecular weight excluding hydrogens is 320 g/mol. The summed E-state index contributed by atoms with van der Waals surface area (Å²) in [5.74, 6) is 1.37. The maximum Gasteiger partial charge on any atom is 0.324 e. The Kier molecular flexibility index (Phi) is 4.56. The van der Waals surface area contributed by atoms with Crippen LogP contribution in [-0.2, 0) is 17.7 Å². The van der Waals surface area contributed by atoms with E-state index in [1.807, 2.05) is 35.0 Å². The Morgan fingerprint density at radius 2 is 2.12 bits per heavy atom. The van der Waals surface area contributed by atoms with Gasteiger partial charge >= 0.3 is 6.03 Å². The highest BCUT2D eigenvalue weighted by Crippen LogP contribution is 2.21. The lowest BCUT2D eigenvalue weighted by atomic mass is 10.1. The van der Waals surface area contributed by atoms with E-state index >= 15 is 0 Å². The lowest BCUT2D eigenvalue weighted by Crippen LogP contribution is -2.20. The molecule has 7 heteroatoms. The molecule has 0 saturated carbocycles. The average molecular weight is 342 g/mol. The molecule has 132 valence electrons. The number of carbonyl (C=O) groups is 1. The molecule has 4 rings (SSSR count). The molecule has 1 aromatic carbocycles. The summed E-state index contributed by atoms with van der Waals surface area (Å²) in [5, 5.41) is 10.0. The number of hydrogen-bond donors (Lipinski definition) is 2. The van der Waals surface area contributed by atoms with Gasteiger partial charge in [-0.2, -0.15) is 5.10 Å². The number of ether oxygens (including phenoxy) is 2. The van der Waals surface area contributed by atoms with Crippen LogP contribution in [0.3, 0.4) is 0 Å². The molecule has 2 aliphatic rings. The van der Waals surface area contributed by atoms with Crippen molar-refractivity contribution in [1.82, 2.24) is 9.78 Å². The highest BCUT2D eigenvalue weighted by Gasteiger charge is 2.17. The number of rotatable bonds is 4. The molecule has 1 aromatic heterocycles. The van der Waals surface area contributed by atoms with Crippen molar-refractivity contribution in [2.45, 2.75) is 38.3 Å². The highest BCUT2D eigenvalue weighted by atomic mass is 16.5. The van der Waals surface area contributed by atoms with Crippen molar-refractivity contribution in [1.29, 1.82) is 0 Å². The second-order valence-corrected chi connectivity index (χ2v) is 6.41. The zero-order valence-corrected chi connectivity index (χ0v) is 14.0. The summed E-state index contributed by atoms with van der Waals surface area (Å²) in [6, 6.07) is 8.99. The molecule has 1 atom stereocenters. The number of carbonyl (C=O) groups excluding carboxylic acids is 1. The van der Waals surface area contributed by atoms with Crippen molar-refractivity contribution < 1.29 is 14.3 Å². The summed E-state index contributed by atoms with van der Waals surface area (Å²) in [6.07, 6.45) is 4.37. The third kappa shape index (κ3) is 3.93. The van der Waals surface area contributed by atoms with Gasteiger partial charge in [-0.1, -0.05) is 0 Å². The molecule has 2 amide bonds. The first-order chi connectivity index (χ1) is 12.3. The summed E-state index contributed by atoms with van der Waals surface area (Å²) >= 11 is 0. The van der Waals surface area contributed by atoms with Crippen LogP contribution in [0.4, 0.5) is 16.3 Å². The van der Waals surface area contributed by atoms with Crippen LogP contribution in [0.2, 0.25) is 0 Å². The second-order valence-electron chi connectivity index (χ2n) is 6.41. The van der Waals surface area contributed by atoms with Crippen LogP contribution in [0.25, 0.3) is 0 Å². The van der Waals surface area contributed by atoms with Gasteiger partial charge in [0.2, 0.25) is 0 Å². The molecule has 25 heavy (non-hydrogen) atoms. The van der Waals surface area contributed by atoms with Gasteiger partial charge in [0.15, 0.2) is 5.82 Å². The molecule has 2 N–H and O–H groups in total. The third-order valence-electron chi connectivity index (χ3n) is 4.46. The molecule has 2 aliphatic heterocycles. The van der Waals surface area contributed by atoms with Gasteiger partial charge in [0.1, 0.15) is 11.9 Å². The Labute approximate surface area is 146 Å². The van der Waals surface area contributed by atoms with E-state index < -0.39 is 0 Å². The van der Waals surface area contributed by atoms with Gasteiger partial charge in [0.25, 0.3) is 0 Å². The van der Waals surface area contributed by atoms with Gasteiger partial charge in [0.05, 0.1) is 13.2 Å². The topological polar surface area (TPSA) is 77.4 Å². The number of aromatic nitrogens is 2. The first kappa shape index (κ1) is 16.0. The molecule has 0 radical (unpaired) electrons. The second kappa shape index (κ2) is 7.14. The average Bonchev–Trinajstić information content (AvgIpc) is 3.25. The van der Waals surface area contributed by atoms with E-state index in [1.165, 1.54) is 12.1 Å². The number of nitrogens with zero attached hydrogens (tertiary/aromatic N) is 2. The molecule has 3 heterocycles. The van der Waals surface area contributed by atoms with Crippen molar-refractivity contribution in [2.75, 3.05) is 23.8 Å². The number of aryl methyl sites for hydroxylation is 2. The zero-order chi connectivity index (χ0) is 17.1. The number of benzene rings is 1. The largest absolute Gasteiger partial charge is 0.488 e. The first-order valence-electron chi connectivity index (χ1n) is 8.75. The van der Waals surface area contributed by atoms with Crippen molar-refractivity contribution in [3.8, 4) is 5.75 Å². The summed E-state index contributed by atoms with van der Waals surface area (Å²) < 4.78 is 13.1. The quantitative estimate of drug-likeness (QED) is 0.895. The van der Waals surface area contributed by atoms with Gasteiger partial charge in [0, 0.05) is 30.4 Å². The minimum atomic E-state index is -0.298. The van der Waals surface area contributed by atoms with Gasteiger partial charge in [-0.25, -0.2) is 4.79 Å². The molecule has 0 unspecified atom stereocenters. The van der Waals surface area contributed by atoms with Gasteiger partial charge in [-0.15, -0.1) is 0 Å². The Balaban J connectivity index is 1.31. The summed E-state index contributed by atoms with van der Waals surface area (Å²) in [5.41, 5.74) is 1.88. The normalized spacial score (nSPS) is 19.3. The van der Waals surface area contributed by atoms with Crippen molar-refractivity contribution in [3.05, 3.63) is 36.0 Å². The van der Waals surface area contributed by atoms with E-state index in [9.17, 15) is 4.79 Å². The van der Waals surface area contributed by atoms with Gasteiger partial charge in [-0.3, -0.25) is 10.00 Å². The number of nitrogens with one attached hydrogen (secondary N) is 2. The van der Waals surface area contributed by atoms with Crippen LogP contribution < -0.4 is 15.4 Å². The van der Waals surface area contributed by atoms with E-state index in [-0.39, 0.29) is 12.1 Å². The van der Waals surface area contributed by atoms with Gasteiger partial charge < -0.3 is 14.8 Å². The minimum absolute atomic E-state index is 0.119. The van der Waals surface area contributed by atoms with E-state index in [4.69, 9.17) is 9.47 Å².